The molecule has 1 aromatic carbocycles. The first kappa shape index (κ1) is 21.0. The number of hydrogen-bond acceptors (Lipinski definition) is 3. The summed E-state index contributed by atoms with van der Waals surface area (Å²) in [6.45, 7) is 13.7. The van der Waals surface area contributed by atoms with Gasteiger partial charge in [-0.3, -0.25) is 9.59 Å². The molecule has 1 aromatic rings. The Balaban J connectivity index is 3.08. The molecule has 3 N–H and O–H groups in total. The number of carboxylic acid groups (broad SMARTS) is 1. The lowest BCUT2D eigenvalue weighted by atomic mass is 9.78. The van der Waals surface area contributed by atoms with E-state index in [0.717, 1.165) is 16.7 Å². The highest BCUT2D eigenvalue weighted by atomic mass is 16.4. The maximum absolute atomic E-state index is 11.9. The van der Waals surface area contributed by atoms with Crippen molar-refractivity contribution >= 4 is 11.9 Å². The summed E-state index contributed by atoms with van der Waals surface area (Å²) in [6, 6.07) is 2.99. The van der Waals surface area contributed by atoms with Crippen molar-refractivity contribution in [1.82, 2.24) is 5.32 Å². The van der Waals surface area contributed by atoms with Crippen LogP contribution in [-0.2, 0) is 26.8 Å². The number of rotatable bonds is 5. The summed E-state index contributed by atoms with van der Waals surface area (Å²) >= 11 is 0. The standard InChI is InChI=1S/C20H31NO4/c1-12(18(24)25)21-16(22)9-8-13-10-14(19(2,3)4)17(23)15(11-13)20(5,6)7/h10-12,23H,8-9H2,1-7H3,(H,21,22)(H,24,25)/t12-/m0/s1. The summed E-state index contributed by atoms with van der Waals surface area (Å²) in [6.07, 6.45) is 0.695. The summed E-state index contributed by atoms with van der Waals surface area (Å²) in [5.74, 6) is -1.03. The second-order valence-corrected chi connectivity index (χ2v) is 8.67. The van der Waals surface area contributed by atoms with Gasteiger partial charge in [0.05, 0.1) is 0 Å². The van der Waals surface area contributed by atoms with Crippen LogP contribution in [0.5, 0.6) is 5.75 Å². The van der Waals surface area contributed by atoms with E-state index in [4.69, 9.17) is 5.11 Å². The van der Waals surface area contributed by atoms with Gasteiger partial charge in [0.1, 0.15) is 11.8 Å². The highest BCUT2D eigenvalue weighted by molar-refractivity contribution is 5.83. The minimum atomic E-state index is -1.05. The highest BCUT2D eigenvalue weighted by Gasteiger charge is 2.26. The number of phenols is 1. The SMILES string of the molecule is C[C@H](NC(=O)CCc1cc(C(C)(C)C)c(O)c(C(C)(C)C)c1)C(=O)O. The van der Waals surface area contributed by atoms with E-state index in [1.165, 1.54) is 6.92 Å². The predicted octanol–water partition coefficient (Wildman–Crippen LogP) is 3.51. The predicted molar refractivity (Wildman–Crippen MR) is 99.1 cm³/mol. The van der Waals surface area contributed by atoms with Crippen LogP contribution in [0, 0.1) is 0 Å². The molecule has 0 unspecified atom stereocenters. The first-order valence-corrected chi connectivity index (χ1v) is 8.62. The van der Waals surface area contributed by atoms with Crippen molar-refractivity contribution in [2.24, 2.45) is 0 Å². The molecule has 0 spiro atoms. The third kappa shape index (κ3) is 5.76. The van der Waals surface area contributed by atoms with Crippen LogP contribution in [0.2, 0.25) is 0 Å². The lowest BCUT2D eigenvalue weighted by molar-refractivity contribution is -0.141. The lowest BCUT2D eigenvalue weighted by Crippen LogP contribution is -2.38. The maximum Gasteiger partial charge on any atom is 0.325 e. The van der Waals surface area contributed by atoms with Gasteiger partial charge in [-0.15, -0.1) is 0 Å². The van der Waals surface area contributed by atoms with Crippen molar-refractivity contribution in [2.75, 3.05) is 0 Å². The number of carbonyl (C=O) groups is 2. The van der Waals surface area contributed by atoms with Crippen molar-refractivity contribution in [3.8, 4) is 5.75 Å². The van der Waals surface area contributed by atoms with E-state index >= 15 is 0 Å². The first-order valence-electron chi connectivity index (χ1n) is 8.62. The van der Waals surface area contributed by atoms with Gasteiger partial charge in [-0.25, -0.2) is 0 Å². The maximum atomic E-state index is 11.9. The van der Waals surface area contributed by atoms with Gasteiger partial charge in [-0.1, -0.05) is 53.7 Å². The summed E-state index contributed by atoms with van der Waals surface area (Å²) in [5.41, 5.74) is 2.23. The molecular weight excluding hydrogens is 318 g/mol. The van der Waals surface area contributed by atoms with E-state index in [0.29, 0.717) is 12.2 Å². The highest BCUT2D eigenvalue weighted by Crippen LogP contribution is 2.39. The smallest absolute Gasteiger partial charge is 0.325 e. The van der Waals surface area contributed by atoms with Crippen LogP contribution >= 0.6 is 0 Å². The number of aromatic hydroxyl groups is 1. The van der Waals surface area contributed by atoms with Gasteiger partial charge >= 0.3 is 5.97 Å². The number of phenolic OH excluding ortho intramolecular Hbond substituents is 1. The zero-order chi connectivity index (χ0) is 19.6. The fourth-order valence-electron chi connectivity index (χ4n) is 2.62. The molecule has 0 fully saturated rings. The van der Waals surface area contributed by atoms with Crippen LogP contribution in [0.25, 0.3) is 0 Å². The molecule has 0 heterocycles. The van der Waals surface area contributed by atoms with Gasteiger partial charge in [-0.2, -0.15) is 0 Å². The van der Waals surface area contributed by atoms with Crippen LogP contribution < -0.4 is 5.32 Å². The zero-order valence-corrected chi connectivity index (χ0v) is 16.4. The van der Waals surface area contributed by atoms with E-state index < -0.39 is 12.0 Å². The molecule has 0 aliphatic carbocycles. The zero-order valence-electron chi connectivity index (χ0n) is 16.4. The number of hydrogen-bond donors (Lipinski definition) is 3. The van der Waals surface area contributed by atoms with E-state index in [-0.39, 0.29) is 23.2 Å². The van der Waals surface area contributed by atoms with Gasteiger partial charge in [0, 0.05) is 6.42 Å². The van der Waals surface area contributed by atoms with Crippen molar-refractivity contribution in [3.05, 3.63) is 28.8 Å². The Labute approximate surface area is 150 Å². The Kier molecular flexibility index (Phi) is 6.27. The minimum absolute atomic E-state index is 0.204. The lowest BCUT2D eigenvalue weighted by Gasteiger charge is -2.28. The molecule has 0 aromatic heterocycles. The fourth-order valence-corrected chi connectivity index (χ4v) is 2.62. The Hall–Kier alpha value is -2.04. The fraction of sp³-hybridized carbons (Fsp3) is 0.600. The quantitative estimate of drug-likeness (QED) is 0.759. The second kappa shape index (κ2) is 7.46. The molecule has 1 atom stereocenters. The molecule has 0 saturated carbocycles. The van der Waals surface area contributed by atoms with Crippen LogP contribution in [0.15, 0.2) is 12.1 Å². The van der Waals surface area contributed by atoms with Gasteiger partial charge in [-0.05, 0) is 40.9 Å². The Morgan fingerprint density at radius 1 is 1.04 bits per heavy atom. The molecule has 0 saturated heterocycles. The van der Waals surface area contributed by atoms with Crippen molar-refractivity contribution in [3.63, 3.8) is 0 Å². The average molecular weight is 349 g/mol. The third-order valence-corrected chi connectivity index (χ3v) is 4.17. The van der Waals surface area contributed by atoms with E-state index in [1.807, 2.05) is 53.7 Å². The monoisotopic (exact) mass is 349 g/mol. The Morgan fingerprint density at radius 2 is 1.48 bits per heavy atom. The molecule has 0 radical (unpaired) electrons. The van der Waals surface area contributed by atoms with Gasteiger partial charge < -0.3 is 15.5 Å². The van der Waals surface area contributed by atoms with Crippen LogP contribution in [-0.4, -0.2) is 28.1 Å². The van der Waals surface area contributed by atoms with Gasteiger partial charge in [0.25, 0.3) is 0 Å². The number of carbonyl (C=O) groups excluding carboxylic acids is 1. The van der Waals surface area contributed by atoms with Gasteiger partial charge in [0.2, 0.25) is 5.91 Å². The summed E-state index contributed by atoms with van der Waals surface area (Å²) < 4.78 is 0. The summed E-state index contributed by atoms with van der Waals surface area (Å²) in [7, 11) is 0. The van der Waals surface area contributed by atoms with Gasteiger partial charge in [0.15, 0.2) is 0 Å². The topological polar surface area (TPSA) is 86.6 Å². The summed E-state index contributed by atoms with van der Waals surface area (Å²) in [4.78, 5) is 22.8. The summed E-state index contributed by atoms with van der Waals surface area (Å²) in [5, 5.41) is 22.0. The first-order chi connectivity index (χ1) is 11.2. The number of amides is 1. The Morgan fingerprint density at radius 3 is 1.84 bits per heavy atom. The molecule has 1 rings (SSSR count). The Bertz CT molecular complexity index is 616. The van der Waals surface area contributed by atoms with Crippen LogP contribution in [0.4, 0.5) is 0 Å². The largest absolute Gasteiger partial charge is 0.507 e. The van der Waals surface area contributed by atoms with Crippen molar-refractivity contribution < 1.29 is 19.8 Å². The van der Waals surface area contributed by atoms with Crippen LogP contribution in [0.3, 0.4) is 0 Å². The number of benzene rings is 1. The molecule has 25 heavy (non-hydrogen) atoms. The molecule has 5 heteroatoms. The number of carboxylic acids is 1. The molecule has 0 aliphatic rings. The molecule has 0 aliphatic heterocycles. The minimum Gasteiger partial charge on any atom is -0.507 e. The van der Waals surface area contributed by atoms with E-state index in [2.05, 4.69) is 5.32 Å². The van der Waals surface area contributed by atoms with Crippen molar-refractivity contribution in [1.29, 1.82) is 0 Å². The number of aryl methyl sites for hydroxylation is 1. The van der Waals surface area contributed by atoms with Crippen LogP contribution in [0.1, 0.15) is 71.6 Å². The molecule has 140 valence electrons. The second-order valence-electron chi connectivity index (χ2n) is 8.67. The average Bonchev–Trinajstić information content (AvgIpc) is 2.43. The third-order valence-electron chi connectivity index (χ3n) is 4.17. The normalized spacial score (nSPS) is 13.4. The molecular formula is C20H31NO4. The van der Waals surface area contributed by atoms with Crippen molar-refractivity contribution in [2.45, 2.75) is 78.2 Å². The molecule has 1 amide bonds. The van der Waals surface area contributed by atoms with E-state index in [1.54, 1.807) is 0 Å². The van der Waals surface area contributed by atoms with E-state index in [9.17, 15) is 14.7 Å². The number of aliphatic carboxylic acids is 1. The molecule has 5 nitrogen and oxygen atoms in total. The number of nitrogens with one attached hydrogen (secondary N) is 1. The molecule has 0 bridgehead atoms.